The zero-order valence-corrected chi connectivity index (χ0v) is 47.6. The number of hydrogen-bond donors (Lipinski definition) is 0. The molecule has 0 aliphatic heterocycles. The van der Waals surface area contributed by atoms with Gasteiger partial charge in [0, 0.05) is 33.5 Å². The highest BCUT2D eigenvalue weighted by Gasteiger charge is 2.48. The second-order valence-electron chi connectivity index (χ2n) is 23.4. The first-order valence-electron chi connectivity index (χ1n) is 29.5. The second-order valence-corrected chi connectivity index (χ2v) is 23.4. The zero-order valence-electron chi connectivity index (χ0n) is 47.6. The molecular formula is C82H60N2. The van der Waals surface area contributed by atoms with Gasteiger partial charge in [-0.3, -0.25) is 0 Å². The van der Waals surface area contributed by atoms with Gasteiger partial charge in [0.25, 0.3) is 0 Å². The lowest BCUT2D eigenvalue weighted by molar-refractivity contribution is 0.767. The van der Waals surface area contributed by atoms with E-state index in [-0.39, 0.29) is 0 Å². The van der Waals surface area contributed by atoms with E-state index in [0.717, 1.165) is 34.1 Å². The lowest BCUT2D eigenvalue weighted by atomic mass is 9.67. The normalized spacial score (nSPS) is 13.4. The minimum absolute atomic E-state index is 0.554. The van der Waals surface area contributed by atoms with Crippen molar-refractivity contribution in [1.82, 2.24) is 0 Å². The number of nitrogens with zero attached hydrogens (tertiary/aromatic N) is 2. The van der Waals surface area contributed by atoms with E-state index in [1.54, 1.807) is 0 Å². The van der Waals surface area contributed by atoms with Gasteiger partial charge in [0.2, 0.25) is 0 Å². The van der Waals surface area contributed by atoms with Crippen molar-refractivity contribution in [2.75, 3.05) is 9.80 Å². The monoisotopic (exact) mass is 1070 g/mol. The molecule has 0 N–H and O–H groups in total. The Labute approximate surface area is 492 Å². The third-order valence-electron chi connectivity index (χ3n) is 18.7. The van der Waals surface area contributed by atoms with E-state index < -0.39 is 10.8 Å². The van der Waals surface area contributed by atoms with Crippen molar-refractivity contribution in [3.8, 4) is 22.3 Å². The van der Waals surface area contributed by atoms with Gasteiger partial charge in [-0.1, -0.05) is 242 Å². The average molecular weight is 1070 g/mol. The van der Waals surface area contributed by atoms with Gasteiger partial charge < -0.3 is 9.80 Å². The highest BCUT2D eigenvalue weighted by atomic mass is 15.2. The summed E-state index contributed by atoms with van der Waals surface area (Å²) in [5, 5.41) is 7.48. The first kappa shape index (κ1) is 49.5. The number of aryl methyl sites for hydroxylation is 4. The van der Waals surface area contributed by atoms with Crippen molar-refractivity contribution in [1.29, 1.82) is 0 Å². The molecule has 2 nitrogen and oxygen atoms in total. The van der Waals surface area contributed by atoms with Gasteiger partial charge in [-0.25, -0.2) is 0 Å². The average Bonchev–Trinajstić information content (AvgIpc) is 1.61. The van der Waals surface area contributed by atoms with Gasteiger partial charge in [0.15, 0.2) is 0 Å². The molecule has 16 rings (SSSR count). The number of fused-ring (bicyclic) bond motifs is 6. The summed E-state index contributed by atoms with van der Waals surface area (Å²) in [5.74, 6) is 0. The minimum atomic E-state index is -0.554. The number of benzene rings is 14. The molecule has 2 aliphatic rings. The van der Waals surface area contributed by atoms with Gasteiger partial charge in [0.05, 0.1) is 22.2 Å². The van der Waals surface area contributed by atoms with Crippen LogP contribution in [0.3, 0.4) is 0 Å². The Morgan fingerprint density at radius 3 is 0.893 bits per heavy atom. The van der Waals surface area contributed by atoms with Gasteiger partial charge in [-0.15, -0.1) is 0 Å². The predicted octanol–water partition coefficient (Wildman–Crippen LogP) is 21.5. The molecule has 0 saturated heterocycles. The number of hydrogen-bond acceptors (Lipinski definition) is 2. The molecule has 84 heavy (non-hydrogen) atoms. The lowest BCUT2D eigenvalue weighted by Gasteiger charge is -2.36. The van der Waals surface area contributed by atoms with Crippen LogP contribution in [0.1, 0.15) is 66.8 Å². The molecule has 0 fully saturated rings. The van der Waals surface area contributed by atoms with Gasteiger partial charge in [0.1, 0.15) is 0 Å². The van der Waals surface area contributed by atoms with Crippen LogP contribution in [-0.2, 0) is 10.8 Å². The van der Waals surface area contributed by atoms with Crippen LogP contribution >= 0.6 is 0 Å². The summed E-state index contributed by atoms with van der Waals surface area (Å²) in [5.41, 5.74) is 25.9. The summed E-state index contributed by atoms with van der Waals surface area (Å²) in [6.45, 7) is 9.03. The van der Waals surface area contributed by atoms with E-state index >= 15 is 0 Å². The number of rotatable bonds is 10. The van der Waals surface area contributed by atoms with Crippen LogP contribution in [-0.4, -0.2) is 0 Å². The molecule has 0 spiro atoms. The van der Waals surface area contributed by atoms with E-state index in [2.05, 4.69) is 329 Å². The molecule has 14 aromatic carbocycles. The molecule has 0 radical (unpaired) electrons. The van der Waals surface area contributed by atoms with Crippen molar-refractivity contribution in [2.45, 2.75) is 38.5 Å². The van der Waals surface area contributed by atoms with Crippen LogP contribution in [0.4, 0.5) is 34.1 Å². The molecule has 0 aromatic heterocycles. The molecule has 0 bridgehead atoms. The quantitative estimate of drug-likeness (QED) is 0.126. The molecule has 0 amide bonds. The summed E-state index contributed by atoms with van der Waals surface area (Å²) in [6, 6.07) is 110. The summed E-state index contributed by atoms with van der Waals surface area (Å²) in [7, 11) is 0. The fraction of sp³-hybridized carbons (Fsp3) is 0.0732. The highest BCUT2D eigenvalue weighted by Crippen LogP contribution is 2.59. The topological polar surface area (TPSA) is 6.48 Å². The van der Waals surface area contributed by atoms with Crippen LogP contribution < -0.4 is 9.80 Å². The second kappa shape index (κ2) is 19.2. The predicted molar refractivity (Wildman–Crippen MR) is 353 cm³/mol. The largest absolute Gasteiger partial charge is 0.310 e. The third kappa shape index (κ3) is 7.17. The smallest absolute Gasteiger partial charge is 0.0714 e. The Bertz CT molecular complexity index is 4510. The molecular weight excluding hydrogens is 1010 g/mol. The summed E-state index contributed by atoms with van der Waals surface area (Å²) >= 11 is 0. The SMILES string of the molecule is Cc1cccc(C2(c3cccc(N(c4ccccc4)c4cc(C)c5ccc6c(N(c7ccccc7)c7cccc(C8(c9cccc(C)c9)c9ccccc9-c9ccccc98)c7)cc(C)c7ccc4c5c76)c3)c3ccccc3-c3ccccc32)c1. The van der Waals surface area contributed by atoms with Crippen molar-refractivity contribution in [3.05, 3.63) is 358 Å². The molecule has 0 atom stereocenters. The van der Waals surface area contributed by atoms with Gasteiger partial charge >= 0.3 is 0 Å². The van der Waals surface area contributed by atoms with Crippen molar-refractivity contribution < 1.29 is 0 Å². The maximum absolute atomic E-state index is 2.51. The van der Waals surface area contributed by atoms with E-state index in [4.69, 9.17) is 0 Å². The van der Waals surface area contributed by atoms with Crippen LogP contribution in [0.5, 0.6) is 0 Å². The van der Waals surface area contributed by atoms with E-state index in [1.165, 1.54) is 121 Å². The number of para-hydroxylation sites is 2. The standard InChI is InChI=1S/C82H60N2/c1-53-23-19-25-57(47-53)81(73-39-15-11-35-67(73)68-36-12-16-40-74(68)81)59-27-21-33-63(51-59)83(61-29-7-5-8-30-61)77-49-55(3)65-44-46-72-78(50-56(4)66-43-45-71(77)79(65)80(66)72)84(62-31-9-6-10-32-62)64-34-22-28-60(52-64)82(58-26-20-24-54(2)48-58)75-41-17-13-37-69(75)70-38-14-18-42-76(70)82/h5-52H,1-4H3. The van der Waals surface area contributed by atoms with Crippen molar-refractivity contribution in [3.63, 3.8) is 0 Å². The molecule has 0 heterocycles. The molecule has 14 aromatic rings. The molecule has 398 valence electrons. The maximum atomic E-state index is 2.51. The van der Waals surface area contributed by atoms with Crippen molar-refractivity contribution in [2.24, 2.45) is 0 Å². The zero-order chi connectivity index (χ0) is 56.3. The van der Waals surface area contributed by atoms with Crippen LogP contribution in [0.25, 0.3) is 54.6 Å². The lowest BCUT2D eigenvalue weighted by Crippen LogP contribution is -2.29. The van der Waals surface area contributed by atoms with Crippen molar-refractivity contribution >= 4 is 66.4 Å². The van der Waals surface area contributed by atoms with Crippen LogP contribution in [0, 0.1) is 27.7 Å². The Hall–Kier alpha value is -10.3. The molecule has 0 saturated carbocycles. The van der Waals surface area contributed by atoms with Crippen LogP contribution in [0.2, 0.25) is 0 Å². The fourth-order valence-corrected chi connectivity index (χ4v) is 15.2. The highest BCUT2D eigenvalue weighted by molar-refractivity contribution is 6.29. The maximum Gasteiger partial charge on any atom is 0.0714 e. The Kier molecular flexibility index (Phi) is 11.3. The first-order chi connectivity index (χ1) is 41.3. The summed E-state index contributed by atoms with van der Waals surface area (Å²) in [6.07, 6.45) is 0. The third-order valence-corrected chi connectivity index (χ3v) is 18.7. The molecule has 0 unspecified atom stereocenters. The Morgan fingerprint density at radius 2 is 0.536 bits per heavy atom. The van der Waals surface area contributed by atoms with Gasteiger partial charge in [-0.05, 0) is 188 Å². The fourth-order valence-electron chi connectivity index (χ4n) is 15.2. The minimum Gasteiger partial charge on any atom is -0.310 e. The van der Waals surface area contributed by atoms with E-state index in [1.807, 2.05) is 0 Å². The summed E-state index contributed by atoms with van der Waals surface area (Å²) in [4.78, 5) is 5.02. The Morgan fingerprint density at radius 1 is 0.238 bits per heavy atom. The summed E-state index contributed by atoms with van der Waals surface area (Å²) < 4.78 is 0. The van der Waals surface area contributed by atoms with E-state index in [0.29, 0.717) is 0 Å². The number of anilines is 6. The Balaban J connectivity index is 0.921. The van der Waals surface area contributed by atoms with Gasteiger partial charge in [-0.2, -0.15) is 0 Å². The molecule has 2 heteroatoms. The first-order valence-corrected chi connectivity index (χ1v) is 29.5. The molecule has 2 aliphatic carbocycles. The van der Waals surface area contributed by atoms with Crippen LogP contribution in [0.15, 0.2) is 291 Å². The van der Waals surface area contributed by atoms with E-state index in [9.17, 15) is 0 Å².